The molecule has 0 aliphatic carbocycles. The molecular weight excluding hydrogens is 274 g/mol. The van der Waals surface area contributed by atoms with Crippen molar-refractivity contribution in [3.05, 3.63) is 29.8 Å². The minimum absolute atomic E-state index is 0.0203. The number of nitrogens with two attached hydrogens (primary N) is 1. The topological polar surface area (TPSA) is 95.7 Å². The molecule has 1 atom stereocenters. The van der Waals surface area contributed by atoms with Gasteiger partial charge in [-0.15, -0.1) is 0 Å². The molecule has 0 saturated carbocycles. The lowest BCUT2D eigenvalue weighted by Gasteiger charge is -2.13. The molecule has 0 fully saturated rings. The number of ketones is 1. The number of esters is 2. The van der Waals surface area contributed by atoms with Crippen LogP contribution in [0.3, 0.4) is 0 Å². The number of carbonyl (C=O) groups is 3. The number of methoxy groups -OCH3 is 2. The summed E-state index contributed by atoms with van der Waals surface area (Å²) in [5.41, 5.74) is 6.58. The standard InChI is InChI=1S/C15H19NO5/c1-20-14(18)8-5-11(15(19)21-2)9-13(17)10-3-6-12(16)7-4-10/h3-4,6-7,11H,5,8-9,16H2,1-2H3. The first-order valence-electron chi connectivity index (χ1n) is 6.51. The van der Waals surface area contributed by atoms with E-state index in [9.17, 15) is 14.4 Å². The molecule has 1 rings (SSSR count). The van der Waals surface area contributed by atoms with Crippen LogP contribution in [0.1, 0.15) is 29.6 Å². The molecule has 0 spiro atoms. The second kappa shape index (κ2) is 8.04. The molecule has 114 valence electrons. The summed E-state index contributed by atoms with van der Waals surface area (Å²) in [6.45, 7) is 0. The van der Waals surface area contributed by atoms with Gasteiger partial charge >= 0.3 is 11.9 Å². The Balaban J connectivity index is 2.71. The Labute approximate surface area is 123 Å². The lowest BCUT2D eigenvalue weighted by atomic mass is 9.94. The first-order valence-corrected chi connectivity index (χ1v) is 6.51. The molecule has 0 bridgehead atoms. The van der Waals surface area contributed by atoms with Crippen molar-refractivity contribution < 1.29 is 23.9 Å². The fourth-order valence-electron chi connectivity index (χ4n) is 1.87. The molecule has 1 aromatic carbocycles. The number of benzene rings is 1. The van der Waals surface area contributed by atoms with E-state index in [0.29, 0.717) is 11.3 Å². The van der Waals surface area contributed by atoms with Crippen molar-refractivity contribution in [3.8, 4) is 0 Å². The molecule has 0 heterocycles. The Kier molecular flexibility index (Phi) is 6.39. The lowest BCUT2D eigenvalue weighted by molar-refractivity contribution is -0.146. The summed E-state index contributed by atoms with van der Waals surface area (Å²) in [5, 5.41) is 0. The number of ether oxygens (including phenoxy) is 2. The second-order valence-electron chi connectivity index (χ2n) is 4.58. The van der Waals surface area contributed by atoms with Gasteiger partial charge in [0.2, 0.25) is 0 Å². The van der Waals surface area contributed by atoms with Crippen LogP contribution in [0.15, 0.2) is 24.3 Å². The molecule has 0 aliphatic heterocycles. The maximum atomic E-state index is 12.1. The largest absolute Gasteiger partial charge is 0.469 e. The summed E-state index contributed by atoms with van der Waals surface area (Å²) in [5.74, 6) is -1.80. The molecule has 0 amide bonds. The highest BCUT2D eigenvalue weighted by molar-refractivity contribution is 5.98. The first-order chi connectivity index (χ1) is 9.97. The number of anilines is 1. The molecule has 6 nitrogen and oxygen atoms in total. The quantitative estimate of drug-likeness (QED) is 0.466. The predicted molar refractivity (Wildman–Crippen MR) is 76.6 cm³/mol. The number of Topliss-reactive ketones (excluding diaryl/α,β-unsaturated/α-hetero) is 1. The molecule has 0 aliphatic rings. The Morgan fingerprint density at radius 3 is 2.24 bits per heavy atom. The minimum atomic E-state index is -0.667. The third kappa shape index (κ3) is 5.25. The minimum Gasteiger partial charge on any atom is -0.469 e. The smallest absolute Gasteiger partial charge is 0.309 e. The third-order valence-corrected chi connectivity index (χ3v) is 3.12. The number of nitrogen functional groups attached to an aromatic ring is 1. The van der Waals surface area contributed by atoms with E-state index in [1.807, 2.05) is 0 Å². The molecule has 1 unspecified atom stereocenters. The van der Waals surface area contributed by atoms with Gasteiger partial charge in [0.1, 0.15) is 0 Å². The Hall–Kier alpha value is -2.37. The molecule has 6 heteroatoms. The van der Waals surface area contributed by atoms with Crippen LogP contribution in [-0.2, 0) is 19.1 Å². The fourth-order valence-corrected chi connectivity index (χ4v) is 1.87. The van der Waals surface area contributed by atoms with Gasteiger partial charge < -0.3 is 15.2 Å². The van der Waals surface area contributed by atoms with Crippen LogP contribution in [0.2, 0.25) is 0 Å². The van der Waals surface area contributed by atoms with E-state index < -0.39 is 17.9 Å². The Morgan fingerprint density at radius 1 is 1.10 bits per heavy atom. The van der Waals surface area contributed by atoms with Crippen molar-refractivity contribution in [3.63, 3.8) is 0 Å². The van der Waals surface area contributed by atoms with Gasteiger partial charge in [-0.1, -0.05) is 0 Å². The van der Waals surface area contributed by atoms with Crippen LogP contribution in [-0.4, -0.2) is 31.9 Å². The number of rotatable bonds is 7. The van der Waals surface area contributed by atoms with Crippen LogP contribution >= 0.6 is 0 Å². The zero-order valence-electron chi connectivity index (χ0n) is 12.1. The summed E-state index contributed by atoms with van der Waals surface area (Å²) in [4.78, 5) is 35.0. The van der Waals surface area contributed by atoms with E-state index in [1.165, 1.54) is 14.2 Å². The molecule has 2 N–H and O–H groups in total. The van der Waals surface area contributed by atoms with E-state index in [1.54, 1.807) is 24.3 Å². The van der Waals surface area contributed by atoms with Gasteiger partial charge in [-0.25, -0.2) is 0 Å². The zero-order chi connectivity index (χ0) is 15.8. The van der Waals surface area contributed by atoms with Crippen molar-refractivity contribution in [2.75, 3.05) is 20.0 Å². The fraction of sp³-hybridized carbons (Fsp3) is 0.400. The third-order valence-electron chi connectivity index (χ3n) is 3.12. The van der Waals surface area contributed by atoms with Gasteiger partial charge in [0.25, 0.3) is 0 Å². The first kappa shape index (κ1) is 16.7. The summed E-state index contributed by atoms with van der Waals surface area (Å²) >= 11 is 0. The molecule has 21 heavy (non-hydrogen) atoms. The highest BCUT2D eigenvalue weighted by atomic mass is 16.5. The van der Waals surface area contributed by atoms with Crippen LogP contribution in [0, 0.1) is 5.92 Å². The van der Waals surface area contributed by atoms with Crippen molar-refractivity contribution >= 4 is 23.4 Å². The van der Waals surface area contributed by atoms with Crippen LogP contribution in [0.25, 0.3) is 0 Å². The van der Waals surface area contributed by atoms with Gasteiger partial charge in [-0.3, -0.25) is 14.4 Å². The second-order valence-corrected chi connectivity index (χ2v) is 4.58. The van der Waals surface area contributed by atoms with Crippen molar-refractivity contribution in [2.45, 2.75) is 19.3 Å². The summed E-state index contributed by atoms with van der Waals surface area (Å²) in [6.07, 6.45) is 0.249. The van der Waals surface area contributed by atoms with E-state index in [0.717, 1.165) is 0 Å². The normalized spacial score (nSPS) is 11.5. The average molecular weight is 293 g/mol. The molecule has 0 saturated heterocycles. The highest BCUT2D eigenvalue weighted by Gasteiger charge is 2.24. The van der Waals surface area contributed by atoms with Crippen LogP contribution < -0.4 is 5.73 Å². The molecular formula is C15H19NO5. The summed E-state index contributed by atoms with van der Waals surface area (Å²) in [7, 11) is 2.52. The van der Waals surface area contributed by atoms with Crippen LogP contribution in [0.4, 0.5) is 5.69 Å². The van der Waals surface area contributed by atoms with Gasteiger partial charge in [0.15, 0.2) is 5.78 Å². The molecule has 0 radical (unpaired) electrons. The van der Waals surface area contributed by atoms with E-state index in [4.69, 9.17) is 5.73 Å². The lowest BCUT2D eigenvalue weighted by Crippen LogP contribution is -2.21. The maximum absolute atomic E-state index is 12.1. The van der Waals surface area contributed by atoms with Gasteiger partial charge in [-0.05, 0) is 30.7 Å². The van der Waals surface area contributed by atoms with E-state index in [-0.39, 0.29) is 25.0 Å². The van der Waals surface area contributed by atoms with E-state index in [2.05, 4.69) is 9.47 Å². The number of hydrogen-bond acceptors (Lipinski definition) is 6. The van der Waals surface area contributed by atoms with Crippen molar-refractivity contribution in [2.24, 2.45) is 5.92 Å². The van der Waals surface area contributed by atoms with Crippen molar-refractivity contribution in [1.82, 2.24) is 0 Å². The van der Waals surface area contributed by atoms with E-state index >= 15 is 0 Å². The highest BCUT2D eigenvalue weighted by Crippen LogP contribution is 2.18. The molecule has 1 aromatic rings. The SMILES string of the molecule is COC(=O)CCC(CC(=O)c1ccc(N)cc1)C(=O)OC. The van der Waals surface area contributed by atoms with Gasteiger partial charge in [0.05, 0.1) is 20.1 Å². The monoisotopic (exact) mass is 293 g/mol. The number of carbonyl (C=O) groups excluding carboxylic acids is 3. The van der Waals surface area contributed by atoms with Crippen molar-refractivity contribution in [1.29, 1.82) is 0 Å². The number of hydrogen-bond donors (Lipinski definition) is 1. The molecule has 0 aromatic heterocycles. The predicted octanol–water partition coefficient (Wildman–Crippen LogP) is 1.58. The Morgan fingerprint density at radius 2 is 1.71 bits per heavy atom. The van der Waals surface area contributed by atoms with Crippen LogP contribution in [0.5, 0.6) is 0 Å². The average Bonchev–Trinajstić information content (AvgIpc) is 2.50. The maximum Gasteiger partial charge on any atom is 0.309 e. The summed E-state index contributed by atoms with van der Waals surface area (Å²) in [6, 6.07) is 6.45. The van der Waals surface area contributed by atoms with Gasteiger partial charge in [-0.2, -0.15) is 0 Å². The summed E-state index contributed by atoms with van der Waals surface area (Å²) < 4.78 is 9.20. The van der Waals surface area contributed by atoms with Gasteiger partial charge in [0, 0.05) is 24.1 Å². The Bertz CT molecular complexity index is 509. The zero-order valence-corrected chi connectivity index (χ0v) is 12.1.